The van der Waals surface area contributed by atoms with Gasteiger partial charge in [-0.3, -0.25) is 9.69 Å². The number of thiophene rings is 1. The third-order valence-electron chi connectivity index (χ3n) is 5.78. The van der Waals surface area contributed by atoms with Crippen molar-refractivity contribution in [3.05, 3.63) is 57.9 Å². The van der Waals surface area contributed by atoms with Crippen molar-refractivity contribution in [3.8, 4) is 0 Å². The van der Waals surface area contributed by atoms with E-state index >= 15 is 0 Å². The van der Waals surface area contributed by atoms with Crippen molar-refractivity contribution in [2.75, 3.05) is 42.9 Å². The van der Waals surface area contributed by atoms with E-state index in [-0.39, 0.29) is 18.3 Å². The molecule has 3 aromatic rings. The molecule has 0 atom stereocenters. The van der Waals surface area contributed by atoms with Crippen LogP contribution in [0.3, 0.4) is 0 Å². The quantitative estimate of drug-likeness (QED) is 0.621. The van der Waals surface area contributed by atoms with Crippen LogP contribution in [0.2, 0.25) is 5.02 Å². The molecule has 5 rings (SSSR count). The summed E-state index contributed by atoms with van der Waals surface area (Å²) in [5.41, 5.74) is 4.44. The summed E-state index contributed by atoms with van der Waals surface area (Å²) in [6, 6.07) is 12.8. The second-order valence-electron chi connectivity index (χ2n) is 7.51. The van der Waals surface area contributed by atoms with Gasteiger partial charge in [0.05, 0.1) is 6.42 Å². The number of hydrogen-bond donors (Lipinski definition) is 1. The Labute approximate surface area is 185 Å². The monoisotopic (exact) mass is 447 g/mol. The predicted molar refractivity (Wildman–Crippen MR) is 125 cm³/mol. The van der Waals surface area contributed by atoms with E-state index in [0.29, 0.717) is 6.42 Å². The van der Waals surface area contributed by atoms with Gasteiger partial charge in [-0.25, -0.2) is 0 Å². The molecule has 7 heteroatoms. The van der Waals surface area contributed by atoms with Crippen LogP contribution in [0.4, 0.5) is 11.4 Å². The average Bonchev–Trinajstić information content (AvgIpc) is 3.31. The van der Waals surface area contributed by atoms with Gasteiger partial charge in [0.1, 0.15) is 0 Å². The highest BCUT2D eigenvalue weighted by Gasteiger charge is 2.21. The fourth-order valence-corrected chi connectivity index (χ4v) is 5.30. The highest BCUT2D eigenvalue weighted by molar-refractivity contribution is 7.17. The summed E-state index contributed by atoms with van der Waals surface area (Å²) in [4.78, 5) is 16.6. The van der Waals surface area contributed by atoms with E-state index in [1.807, 2.05) is 6.07 Å². The molecule has 0 unspecified atom stereocenters. The Morgan fingerprint density at radius 2 is 1.93 bits per heavy atom. The van der Waals surface area contributed by atoms with E-state index in [1.165, 1.54) is 15.8 Å². The molecule has 0 saturated carbocycles. The van der Waals surface area contributed by atoms with Crippen LogP contribution >= 0.6 is 35.3 Å². The highest BCUT2D eigenvalue weighted by atomic mass is 35.5. The third kappa shape index (κ3) is 4.10. The summed E-state index contributed by atoms with van der Waals surface area (Å²) in [5.74, 6) is 0.0555. The lowest BCUT2D eigenvalue weighted by Crippen LogP contribution is -2.47. The summed E-state index contributed by atoms with van der Waals surface area (Å²) < 4.78 is 1.36. The molecule has 0 radical (unpaired) electrons. The van der Waals surface area contributed by atoms with E-state index in [9.17, 15) is 4.79 Å². The van der Waals surface area contributed by atoms with Gasteiger partial charge in [-0.2, -0.15) is 0 Å². The molecule has 2 aliphatic rings. The molecule has 1 fully saturated rings. The number of carbonyl (C=O) groups is 1. The van der Waals surface area contributed by atoms with E-state index in [2.05, 4.69) is 50.8 Å². The topological polar surface area (TPSA) is 35.6 Å². The average molecular weight is 448 g/mol. The zero-order valence-corrected chi connectivity index (χ0v) is 18.4. The number of nitrogens with zero attached hydrogens (tertiary/aromatic N) is 2. The van der Waals surface area contributed by atoms with Gasteiger partial charge in [0, 0.05) is 59.2 Å². The summed E-state index contributed by atoms with van der Waals surface area (Å²) >= 11 is 8.25. The Kier molecular flexibility index (Phi) is 6.02. The summed E-state index contributed by atoms with van der Waals surface area (Å²) in [6.07, 6.45) is 1.38. The first kappa shape index (κ1) is 20.5. The van der Waals surface area contributed by atoms with Gasteiger partial charge in [0.25, 0.3) is 0 Å². The van der Waals surface area contributed by atoms with Gasteiger partial charge in [-0.05, 0) is 47.2 Å². The van der Waals surface area contributed by atoms with Crippen LogP contribution < -0.4 is 10.2 Å². The number of halogens is 2. The first-order valence-corrected chi connectivity index (χ1v) is 11.0. The minimum absolute atomic E-state index is 0. The highest BCUT2D eigenvalue weighted by Crippen LogP contribution is 2.32. The van der Waals surface area contributed by atoms with Gasteiger partial charge in [-0.1, -0.05) is 23.7 Å². The molecular weight excluding hydrogens is 425 g/mol. The molecule has 2 aliphatic heterocycles. The fourth-order valence-electron chi connectivity index (χ4n) is 4.24. The number of hydrogen-bond acceptors (Lipinski definition) is 4. The van der Waals surface area contributed by atoms with Gasteiger partial charge in [0.2, 0.25) is 5.91 Å². The first-order chi connectivity index (χ1) is 13.7. The Balaban J connectivity index is 0.00000205. The number of fused-ring (bicyclic) bond motifs is 2. The van der Waals surface area contributed by atoms with Crippen LogP contribution in [-0.2, 0) is 17.6 Å². The third-order valence-corrected chi connectivity index (χ3v) is 7.01. The number of anilines is 2. The maximum absolute atomic E-state index is 11.6. The van der Waals surface area contributed by atoms with Crippen LogP contribution in [0.5, 0.6) is 0 Å². The molecule has 1 amide bonds. The van der Waals surface area contributed by atoms with Crippen molar-refractivity contribution in [3.63, 3.8) is 0 Å². The van der Waals surface area contributed by atoms with Crippen molar-refractivity contribution in [2.45, 2.75) is 12.8 Å². The summed E-state index contributed by atoms with van der Waals surface area (Å²) in [5, 5.41) is 7.16. The predicted octanol–water partition coefficient (Wildman–Crippen LogP) is 4.84. The SMILES string of the molecule is Cl.O=C1Cc2cc(CCN3CCN(c4cccc5sccc45)CC3)c(Cl)cc2N1. The first-order valence-electron chi connectivity index (χ1n) is 9.72. The maximum atomic E-state index is 11.6. The van der Waals surface area contributed by atoms with Crippen LogP contribution in [0, 0.1) is 0 Å². The molecule has 4 nitrogen and oxygen atoms in total. The number of carbonyl (C=O) groups excluding carboxylic acids is 1. The molecule has 1 N–H and O–H groups in total. The fraction of sp³-hybridized carbons (Fsp3) is 0.318. The lowest BCUT2D eigenvalue weighted by atomic mass is 10.1. The van der Waals surface area contributed by atoms with Crippen molar-refractivity contribution < 1.29 is 4.79 Å². The Morgan fingerprint density at radius 3 is 2.76 bits per heavy atom. The zero-order chi connectivity index (χ0) is 19.1. The van der Waals surface area contributed by atoms with Crippen LogP contribution in [0.15, 0.2) is 41.8 Å². The smallest absolute Gasteiger partial charge is 0.228 e. The molecule has 29 heavy (non-hydrogen) atoms. The molecule has 0 bridgehead atoms. The van der Waals surface area contributed by atoms with E-state index in [1.54, 1.807) is 11.3 Å². The largest absolute Gasteiger partial charge is 0.368 e. The van der Waals surface area contributed by atoms with E-state index in [0.717, 1.165) is 61.0 Å². The van der Waals surface area contributed by atoms with Crippen molar-refractivity contribution in [2.24, 2.45) is 0 Å². The van der Waals surface area contributed by atoms with Crippen LogP contribution in [-0.4, -0.2) is 43.5 Å². The molecule has 1 aromatic heterocycles. The molecule has 2 aromatic carbocycles. The standard InChI is InChI=1S/C22H22ClN3OS.ClH/c23-18-14-19-16(13-22(27)24-19)12-15(18)4-6-25-7-9-26(10-8-25)20-2-1-3-21-17(20)5-11-28-21;/h1-3,5,11-12,14H,4,6-10,13H2,(H,24,27);1H. The number of amides is 1. The number of benzene rings is 2. The second-order valence-corrected chi connectivity index (χ2v) is 8.87. The number of nitrogens with one attached hydrogen (secondary N) is 1. The molecule has 0 aliphatic carbocycles. The van der Waals surface area contributed by atoms with Crippen molar-refractivity contribution >= 4 is 62.7 Å². The van der Waals surface area contributed by atoms with E-state index in [4.69, 9.17) is 11.6 Å². The Hall–Kier alpha value is -1.79. The molecule has 3 heterocycles. The minimum atomic E-state index is 0. The molecule has 1 saturated heterocycles. The molecule has 152 valence electrons. The van der Waals surface area contributed by atoms with Crippen LogP contribution in [0.1, 0.15) is 11.1 Å². The number of rotatable bonds is 4. The van der Waals surface area contributed by atoms with Crippen molar-refractivity contribution in [1.82, 2.24) is 4.90 Å². The van der Waals surface area contributed by atoms with E-state index < -0.39 is 0 Å². The minimum Gasteiger partial charge on any atom is -0.368 e. The lowest BCUT2D eigenvalue weighted by Gasteiger charge is -2.36. The summed E-state index contributed by atoms with van der Waals surface area (Å²) in [7, 11) is 0. The normalized spacial score (nSPS) is 16.6. The maximum Gasteiger partial charge on any atom is 0.228 e. The van der Waals surface area contributed by atoms with Gasteiger partial charge < -0.3 is 10.2 Å². The lowest BCUT2D eigenvalue weighted by molar-refractivity contribution is -0.115. The molecular formula is C22H23Cl2N3OS. The Morgan fingerprint density at radius 1 is 1.10 bits per heavy atom. The van der Waals surface area contributed by atoms with Crippen LogP contribution in [0.25, 0.3) is 10.1 Å². The second kappa shape index (κ2) is 8.52. The molecule has 0 spiro atoms. The van der Waals surface area contributed by atoms with Gasteiger partial charge in [0.15, 0.2) is 0 Å². The summed E-state index contributed by atoms with van der Waals surface area (Å²) in [6.45, 7) is 5.21. The Bertz CT molecular complexity index is 1040. The van der Waals surface area contributed by atoms with Crippen molar-refractivity contribution in [1.29, 1.82) is 0 Å². The zero-order valence-electron chi connectivity index (χ0n) is 16.0. The van der Waals surface area contributed by atoms with Gasteiger partial charge >= 0.3 is 0 Å². The number of piperazine rings is 1. The van der Waals surface area contributed by atoms with Gasteiger partial charge in [-0.15, -0.1) is 23.7 Å².